The minimum Gasteiger partial charge on any atom is -0.379 e. The Morgan fingerprint density at radius 3 is 2.41 bits per heavy atom. The van der Waals surface area contributed by atoms with Crippen LogP contribution in [0.2, 0.25) is 0 Å². The van der Waals surface area contributed by atoms with Crippen molar-refractivity contribution in [2.75, 3.05) is 32.8 Å². The number of amides is 1. The van der Waals surface area contributed by atoms with Gasteiger partial charge in [0.2, 0.25) is 5.91 Å². The number of alkyl halides is 3. The smallest absolute Gasteiger partial charge is 0.379 e. The summed E-state index contributed by atoms with van der Waals surface area (Å²) >= 11 is 0. The number of nitrogens with zero attached hydrogens (tertiary/aromatic N) is 1. The highest BCUT2D eigenvalue weighted by molar-refractivity contribution is 5.76. The number of hydrogen-bond donors (Lipinski definition) is 3. The molecule has 0 spiro atoms. The lowest BCUT2D eigenvalue weighted by molar-refractivity contribution is -0.137. The summed E-state index contributed by atoms with van der Waals surface area (Å²) in [5, 5.41) is 2.82. The van der Waals surface area contributed by atoms with Crippen molar-refractivity contribution in [3.63, 3.8) is 0 Å². The number of hydrogen-bond acceptors (Lipinski definition) is 5. The number of carbonyl (C=O) groups is 1. The first-order valence-corrected chi connectivity index (χ1v) is 10.2. The van der Waals surface area contributed by atoms with Crippen LogP contribution in [0.4, 0.5) is 13.2 Å². The van der Waals surface area contributed by atoms with E-state index in [1.54, 1.807) is 6.92 Å². The quantitative estimate of drug-likeness (QED) is 0.588. The van der Waals surface area contributed by atoms with Gasteiger partial charge in [-0.2, -0.15) is 13.2 Å². The van der Waals surface area contributed by atoms with Gasteiger partial charge in [-0.3, -0.25) is 19.5 Å². The van der Waals surface area contributed by atoms with Crippen molar-refractivity contribution in [2.45, 2.75) is 32.0 Å². The number of rotatable bonds is 7. The number of aromatic amines is 2. The van der Waals surface area contributed by atoms with Crippen LogP contribution in [0.5, 0.6) is 0 Å². The monoisotopic (exact) mass is 454 g/mol. The van der Waals surface area contributed by atoms with Crippen LogP contribution >= 0.6 is 0 Å². The Morgan fingerprint density at radius 1 is 1.16 bits per heavy atom. The molecule has 8 nitrogen and oxygen atoms in total. The minimum absolute atomic E-state index is 0.0266. The molecule has 0 bridgehead atoms. The van der Waals surface area contributed by atoms with Gasteiger partial charge in [-0.15, -0.1) is 0 Å². The Bertz CT molecular complexity index is 1040. The van der Waals surface area contributed by atoms with Crippen LogP contribution < -0.4 is 16.6 Å². The van der Waals surface area contributed by atoms with E-state index in [9.17, 15) is 27.6 Å². The Balaban J connectivity index is 1.67. The Morgan fingerprint density at radius 2 is 1.81 bits per heavy atom. The number of aryl methyl sites for hydroxylation is 1. The third-order valence-corrected chi connectivity index (χ3v) is 5.46. The SMILES string of the molecule is Cc1[nH]c(=O)[nH]c(=O)c1CCC(=O)NCC(c1ccc(C(F)(F)F)cc1)N1CCOCC1. The fraction of sp³-hybridized carbons (Fsp3) is 0.476. The van der Waals surface area contributed by atoms with Gasteiger partial charge in [0, 0.05) is 37.3 Å². The van der Waals surface area contributed by atoms with Gasteiger partial charge in [0.1, 0.15) is 0 Å². The molecule has 1 aliphatic rings. The molecular weight excluding hydrogens is 429 g/mol. The molecule has 3 rings (SSSR count). The fourth-order valence-corrected chi connectivity index (χ4v) is 3.71. The van der Waals surface area contributed by atoms with Gasteiger partial charge in [-0.1, -0.05) is 12.1 Å². The van der Waals surface area contributed by atoms with Gasteiger partial charge in [-0.25, -0.2) is 4.79 Å². The molecule has 1 aliphatic heterocycles. The number of carbonyl (C=O) groups excluding carboxylic acids is 1. The summed E-state index contributed by atoms with van der Waals surface area (Å²) in [6, 6.07) is 4.62. The predicted molar refractivity (Wildman–Crippen MR) is 110 cm³/mol. The number of H-pyrrole nitrogens is 2. The largest absolute Gasteiger partial charge is 0.416 e. The normalized spacial score (nSPS) is 16.0. The molecule has 1 aromatic carbocycles. The number of benzene rings is 1. The van der Waals surface area contributed by atoms with Gasteiger partial charge < -0.3 is 15.0 Å². The van der Waals surface area contributed by atoms with Crippen molar-refractivity contribution in [3.8, 4) is 0 Å². The summed E-state index contributed by atoms with van der Waals surface area (Å²) in [7, 11) is 0. The van der Waals surface area contributed by atoms with Gasteiger partial charge in [0.15, 0.2) is 0 Å². The minimum atomic E-state index is -4.42. The van der Waals surface area contributed by atoms with Gasteiger partial charge >= 0.3 is 11.9 Å². The molecule has 0 radical (unpaired) electrons. The molecule has 1 saturated heterocycles. The summed E-state index contributed by atoms with van der Waals surface area (Å²) in [5.74, 6) is -0.305. The second-order valence-corrected chi connectivity index (χ2v) is 7.60. The lowest BCUT2D eigenvalue weighted by Crippen LogP contribution is -2.44. The Hall–Kier alpha value is -2.92. The average Bonchev–Trinajstić information content (AvgIpc) is 2.73. The number of aromatic nitrogens is 2. The lowest BCUT2D eigenvalue weighted by atomic mass is 10.0. The fourth-order valence-electron chi connectivity index (χ4n) is 3.71. The third kappa shape index (κ3) is 6.07. The van der Waals surface area contributed by atoms with Gasteiger partial charge in [0.05, 0.1) is 24.8 Å². The van der Waals surface area contributed by atoms with E-state index in [0.717, 1.165) is 12.1 Å². The molecule has 2 aromatic rings. The van der Waals surface area contributed by atoms with Crippen molar-refractivity contribution in [1.82, 2.24) is 20.2 Å². The van der Waals surface area contributed by atoms with E-state index in [1.165, 1.54) is 12.1 Å². The van der Waals surface area contributed by atoms with Gasteiger partial charge in [0.25, 0.3) is 5.56 Å². The third-order valence-electron chi connectivity index (χ3n) is 5.46. The summed E-state index contributed by atoms with van der Waals surface area (Å²) in [5.41, 5.74) is -0.476. The molecular formula is C21H25F3N4O4. The van der Waals surface area contributed by atoms with E-state index in [4.69, 9.17) is 4.74 Å². The van der Waals surface area contributed by atoms with Crippen molar-refractivity contribution in [1.29, 1.82) is 0 Å². The first kappa shape index (κ1) is 23.7. The topological polar surface area (TPSA) is 107 Å². The second-order valence-electron chi connectivity index (χ2n) is 7.60. The maximum absolute atomic E-state index is 12.9. The first-order valence-electron chi connectivity index (χ1n) is 10.2. The molecule has 1 atom stereocenters. The van der Waals surface area contributed by atoms with Crippen LogP contribution in [0, 0.1) is 6.92 Å². The van der Waals surface area contributed by atoms with E-state index in [0.29, 0.717) is 43.1 Å². The molecule has 1 aromatic heterocycles. The molecule has 1 amide bonds. The van der Waals surface area contributed by atoms with E-state index in [2.05, 4.69) is 20.2 Å². The number of nitrogens with one attached hydrogen (secondary N) is 3. The lowest BCUT2D eigenvalue weighted by Gasteiger charge is -2.35. The second kappa shape index (κ2) is 10.1. The molecule has 0 aliphatic carbocycles. The highest BCUT2D eigenvalue weighted by atomic mass is 19.4. The van der Waals surface area contributed by atoms with Crippen molar-refractivity contribution in [3.05, 3.63) is 67.5 Å². The number of halogens is 3. The zero-order valence-corrected chi connectivity index (χ0v) is 17.6. The molecule has 32 heavy (non-hydrogen) atoms. The first-order chi connectivity index (χ1) is 15.1. The van der Waals surface area contributed by atoms with E-state index in [-0.39, 0.29) is 31.3 Å². The zero-order valence-electron chi connectivity index (χ0n) is 17.6. The van der Waals surface area contributed by atoms with Crippen molar-refractivity contribution in [2.24, 2.45) is 0 Å². The highest BCUT2D eigenvalue weighted by Gasteiger charge is 2.31. The van der Waals surface area contributed by atoms with Crippen LogP contribution in [-0.2, 0) is 22.1 Å². The molecule has 1 fully saturated rings. The Labute approximate surface area is 181 Å². The van der Waals surface area contributed by atoms with Crippen molar-refractivity contribution >= 4 is 5.91 Å². The molecule has 2 heterocycles. The maximum atomic E-state index is 12.9. The van der Waals surface area contributed by atoms with E-state index in [1.807, 2.05) is 0 Å². The average molecular weight is 454 g/mol. The van der Waals surface area contributed by atoms with Crippen LogP contribution in [0.15, 0.2) is 33.9 Å². The van der Waals surface area contributed by atoms with Gasteiger partial charge in [-0.05, 0) is 31.0 Å². The van der Waals surface area contributed by atoms with E-state index >= 15 is 0 Å². The molecule has 0 saturated carbocycles. The van der Waals surface area contributed by atoms with Crippen LogP contribution in [-0.4, -0.2) is 53.6 Å². The molecule has 3 N–H and O–H groups in total. The highest BCUT2D eigenvalue weighted by Crippen LogP contribution is 2.31. The summed E-state index contributed by atoms with van der Waals surface area (Å²) in [6.07, 6.45) is -4.25. The standard InChI is InChI=1S/C21H25F3N4O4/c1-13-16(19(30)27-20(31)26-13)6-7-18(29)25-12-17(28-8-10-32-11-9-28)14-2-4-15(5-3-14)21(22,23)24/h2-5,17H,6-12H2,1H3,(H,25,29)(H2,26,27,30,31). The molecule has 11 heteroatoms. The Kier molecular flexibility index (Phi) is 7.52. The summed E-state index contributed by atoms with van der Waals surface area (Å²) in [4.78, 5) is 42.3. The zero-order chi connectivity index (χ0) is 23.3. The number of ether oxygens (including phenoxy) is 1. The van der Waals surface area contributed by atoms with Crippen LogP contribution in [0.3, 0.4) is 0 Å². The molecule has 174 valence electrons. The maximum Gasteiger partial charge on any atom is 0.416 e. The van der Waals surface area contributed by atoms with Crippen LogP contribution in [0.1, 0.15) is 34.8 Å². The summed E-state index contributed by atoms with van der Waals surface area (Å²) in [6.45, 7) is 3.97. The summed E-state index contributed by atoms with van der Waals surface area (Å²) < 4.78 is 44.1. The predicted octanol–water partition coefficient (Wildman–Crippen LogP) is 1.51. The van der Waals surface area contributed by atoms with E-state index < -0.39 is 23.0 Å². The molecule has 1 unspecified atom stereocenters. The number of morpholine rings is 1. The van der Waals surface area contributed by atoms with Crippen LogP contribution in [0.25, 0.3) is 0 Å². The van der Waals surface area contributed by atoms with Crippen molar-refractivity contribution < 1.29 is 22.7 Å².